The van der Waals surface area contributed by atoms with Crippen molar-refractivity contribution in [2.24, 2.45) is 0 Å². The number of carboxylic acids is 1. The van der Waals surface area contributed by atoms with Crippen molar-refractivity contribution < 1.29 is 28.2 Å². The van der Waals surface area contributed by atoms with E-state index in [1.54, 1.807) is 0 Å². The molecule has 106 valence electrons. The van der Waals surface area contributed by atoms with Gasteiger partial charge in [0.25, 0.3) is 0 Å². The SMILES string of the molecule is O=C(O)c1sccc1S(=O)(=O)N1CCOCC1CO. The van der Waals surface area contributed by atoms with Crippen LogP contribution in [0.5, 0.6) is 0 Å². The summed E-state index contributed by atoms with van der Waals surface area (Å²) in [5, 5.41) is 19.6. The number of carboxylic acid groups (broad SMARTS) is 1. The quantitative estimate of drug-likeness (QED) is 0.800. The highest BCUT2D eigenvalue weighted by atomic mass is 32.2. The van der Waals surface area contributed by atoms with E-state index in [-0.39, 0.29) is 36.1 Å². The van der Waals surface area contributed by atoms with Crippen molar-refractivity contribution in [3.8, 4) is 0 Å². The van der Waals surface area contributed by atoms with Gasteiger partial charge in [0.2, 0.25) is 10.0 Å². The minimum atomic E-state index is -3.93. The van der Waals surface area contributed by atoms with E-state index in [4.69, 9.17) is 9.84 Å². The molecule has 0 aliphatic carbocycles. The molecule has 0 radical (unpaired) electrons. The molecular weight excluding hydrogens is 294 g/mol. The highest BCUT2D eigenvalue weighted by molar-refractivity contribution is 7.89. The molecule has 1 atom stereocenters. The lowest BCUT2D eigenvalue weighted by Crippen LogP contribution is -2.50. The van der Waals surface area contributed by atoms with Gasteiger partial charge in [-0.2, -0.15) is 4.31 Å². The third-order valence-corrected chi connectivity index (χ3v) is 5.82. The lowest BCUT2D eigenvalue weighted by atomic mass is 10.3. The summed E-state index contributed by atoms with van der Waals surface area (Å²) in [5.41, 5.74) is 0. The van der Waals surface area contributed by atoms with Crippen molar-refractivity contribution in [1.29, 1.82) is 0 Å². The number of sulfonamides is 1. The van der Waals surface area contributed by atoms with Gasteiger partial charge >= 0.3 is 5.97 Å². The fraction of sp³-hybridized carbons (Fsp3) is 0.500. The monoisotopic (exact) mass is 307 g/mol. The topological polar surface area (TPSA) is 104 Å². The predicted molar refractivity (Wildman–Crippen MR) is 66.9 cm³/mol. The summed E-state index contributed by atoms with van der Waals surface area (Å²) in [7, 11) is -3.93. The van der Waals surface area contributed by atoms with Gasteiger partial charge in [-0.15, -0.1) is 11.3 Å². The number of rotatable bonds is 4. The molecule has 2 N–H and O–H groups in total. The van der Waals surface area contributed by atoms with E-state index in [0.717, 1.165) is 15.6 Å². The predicted octanol–water partition coefficient (Wildman–Crippen LogP) is -0.172. The first kappa shape index (κ1) is 14.4. The van der Waals surface area contributed by atoms with Crippen LogP contribution in [0.2, 0.25) is 0 Å². The maximum absolute atomic E-state index is 12.4. The Balaban J connectivity index is 2.41. The molecule has 7 nitrogen and oxygen atoms in total. The van der Waals surface area contributed by atoms with Crippen molar-refractivity contribution in [3.05, 3.63) is 16.3 Å². The number of nitrogens with zero attached hydrogens (tertiary/aromatic N) is 1. The van der Waals surface area contributed by atoms with Gasteiger partial charge in [-0.25, -0.2) is 13.2 Å². The minimum absolute atomic E-state index is 0.0995. The van der Waals surface area contributed by atoms with Crippen LogP contribution in [0.1, 0.15) is 9.67 Å². The Kier molecular flexibility index (Phi) is 4.21. The molecule has 9 heteroatoms. The number of aliphatic hydroxyl groups excluding tert-OH is 1. The molecule has 0 spiro atoms. The van der Waals surface area contributed by atoms with Crippen LogP contribution in [0, 0.1) is 0 Å². The van der Waals surface area contributed by atoms with Crippen LogP contribution in [0.4, 0.5) is 0 Å². The zero-order valence-electron chi connectivity index (χ0n) is 9.85. The van der Waals surface area contributed by atoms with E-state index >= 15 is 0 Å². The second kappa shape index (κ2) is 5.55. The second-order valence-corrected chi connectivity index (χ2v) is 6.72. The molecule has 0 saturated carbocycles. The first-order valence-electron chi connectivity index (χ1n) is 5.49. The molecule has 19 heavy (non-hydrogen) atoms. The van der Waals surface area contributed by atoms with E-state index in [2.05, 4.69) is 0 Å². The summed E-state index contributed by atoms with van der Waals surface area (Å²) in [6.07, 6.45) is 0. The zero-order valence-corrected chi connectivity index (χ0v) is 11.5. The highest BCUT2D eigenvalue weighted by Crippen LogP contribution is 2.27. The summed E-state index contributed by atoms with van der Waals surface area (Å²) in [4.78, 5) is 10.6. The number of thiophene rings is 1. The van der Waals surface area contributed by atoms with Gasteiger partial charge in [-0.1, -0.05) is 0 Å². The molecule has 2 rings (SSSR count). The molecule has 1 aromatic rings. The number of hydrogen-bond acceptors (Lipinski definition) is 6. The molecule has 1 fully saturated rings. The molecule has 0 bridgehead atoms. The van der Waals surface area contributed by atoms with E-state index < -0.39 is 22.0 Å². The number of morpholine rings is 1. The summed E-state index contributed by atoms with van der Waals surface area (Å²) in [6.45, 7) is 0.0543. The molecule has 0 amide bonds. The van der Waals surface area contributed by atoms with Crippen molar-refractivity contribution in [1.82, 2.24) is 4.31 Å². The average molecular weight is 307 g/mol. The molecule has 1 saturated heterocycles. The molecule has 1 aliphatic rings. The van der Waals surface area contributed by atoms with Crippen LogP contribution < -0.4 is 0 Å². The van der Waals surface area contributed by atoms with E-state index in [9.17, 15) is 18.3 Å². The average Bonchev–Trinajstić information content (AvgIpc) is 2.88. The maximum atomic E-state index is 12.4. The number of aromatic carboxylic acids is 1. The zero-order chi connectivity index (χ0) is 14.0. The molecule has 0 aromatic carbocycles. The van der Waals surface area contributed by atoms with Gasteiger partial charge in [0.15, 0.2) is 0 Å². The number of ether oxygens (including phenoxy) is 1. The smallest absolute Gasteiger partial charge is 0.347 e. The molecule has 1 aromatic heterocycles. The molecule has 1 unspecified atom stereocenters. The van der Waals surface area contributed by atoms with Crippen LogP contribution in [0.25, 0.3) is 0 Å². The van der Waals surface area contributed by atoms with Crippen LogP contribution in [0.15, 0.2) is 16.3 Å². The summed E-state index contributed by atoms with van der Waals surface area (Å²) < 4.78 is 31.1. The van der Waals surface area contributed by atoms with Crippen molar-refractivity contribution in [2.75, 3.05) is 26.4 Å². The lowest BCUT2D eigenvalue weighted by molar-refractivity contribution is 0.0109. The van der Waals surface area contributed by atoms with Crippen molar-refractivity contribution >= 4 is 27.3 Å². The van der Waals surface area contributed by atoms with E-state index in [1.165, 1.54) is 11.4 Å². The number of hydrogen-bond donors (Lipinski definition) is 2. The fourth-order valence-electron chi connectivity index (χ4n) is 1.88. The van der Waals surface area contributed by atoms with Crippen LogP contribution in [-0.4, -0.2) is 61.3 Å². The Bertz CT molecular complexity index is 566. The van der Waals surface area contributed by atoms with Gasteiger partial charge in [0.05, 0.1) is 25.9 Å². The summed E-state index contributed by atoms with van der Waals surface area (Å²) >= 11 is 0.858. The molecule has 1 aliphatic heterocycles. The standard InChI is InChI=1S/C10H13NO6S2/c12-5-7-6-17-3-2-11(7)19(15,16)8-1-4-18-9(8)10(13)14/h1,4,7,12H,2-3,5-6H2,(H,13,14). The van der Waals surface area contributed by atoms with Gasteiger partial charge in [0, 0.05) is 6.54 Å². The Hall–Kier alpha value is -1.00. The summed E-state index contributed by atoms with van der Waals surface area (Å²) in [6, 6.07) is 0.591. The van der Waals surface area contributed by atoms with Crippen LogP contribution in [-0.2, 0) is 14.8 Å². The van der Waals surface area contributed by atoms with Crippen LogP contribution >= 0.6 is 11.3 Å². The molecule has 2 heterocycles. The van der Waals surface area contributed by atoms with Crippen molar-refractivity contribution in [3.63, 3.8) is 0 Å². The lowest BCUT2D eigenvalue weighted by Gasteiger charge is -2.33. The Morgan fingerprint density at radius 3 is 2.95 bits per heavy atom. The third-order valence-electron chi connectivity index (χ3n) is 2.79. The first-order chi connectivity index (χ1) is 8.98. The normalized spacial score (nSPS) is 21.4. The first-order valence-corrected chi connectivity index (χ1v) is 7.81. The van der Waals surface area contributed by atoms with Gasteiger partial charge < -0.3 is 14.9 Å². The Labute approximate surface area is 114 Å². The Morgan fingerprint density at radius 2 is 2.32 bits per heavy atom. The number of carbonyl (C=O) groups is 1. The highest BCUT2D eigenvalue weighted by Gasteiger charge is 2.36. The van der Waals surface area contributed by atoms with Gasteiger partial charge in [-0.3, -0.25) is 0 Å². The summed E-state index contributed by atoms with van der Waals surface area (Å²) in [5.74, 6) is -1.28. The van der Waals surface area contributed by atoms with Crippen molar-refractivity contribution in [2.45, 2.75) is 10.9 Å². The van der Waals surface area contributed by atoms with Crippen LogP contribution in [0.3, 0.4) is 0 Å². The third kappa shape index (κ3) is 2.65. The Morgan fingerprint density at radius 1 is 1.58 bits per heavy atom. The maximum Gasteiger partial charge on any atom is 0.347 e. The largest absolute Gasteiger partial charge is 0.477 e. The minimum Gasteiger partial charge on any atom is -0.477 e. The van der Waals surface area contributed by atoms with E-state index in [0.29, 0.717) is 0 Å². The van der Waals surface area contributed by atoms with Gasteiger partial charge in [0.1, 0.15) is 9.77 Å². The fourth-order valence-corrected chi connectivity index (χ4v) is 4.70. The molecular formula is C10H13NO6S2. The van der Waals surface area contributed by atoms with Gasteiger partial charge in [-0.05, 0) is 11.4 Å². The second-order valence-electron chi connectivity index (χ2n) is 3.95. The number of aliphatic hydroxyl groups is 1. The van der Waals surface area contributed by atoms with E-state index in [1.807, 2.05) is 0 Å².